The molecule has 18 heavy (non-hydrogen) atoms. The molecule has 2 unspecified atom stereocenters. The molecule has 3 nitrogen and oxygen atoms in total. The van der Waals surface area contributed by atoms with E-state index in [0.29, 0.717) is 11.4 Å². The summed E-state index contributed by atoms with van der Waals surface area (Å²) in [5.41, 5.74) is 2.04. The quantitative estimate of drug-likeness (QED) is 0.923. The molecule has 0 saturated carbocycles. The number of hydrogen-bond donors (Lipinski definition) is 1. The molecule has 1 heterocycles. The minimum Gasteiger partial charge on any atom is -0.371 e. The summed E-state index contributed by atoms with van der Waals surface area (Å²) in [4.78, 5) is 4.01. The first kappa shape index (κ1) is 15.4. The molecule has 0 saturated heterocycles. The van der Waals surface area contributed by atoms with Crippen LogP contribution in [0.5, 0.6) is 0 Å². The summed E-state index contributed by atoms with van der Waals surface area (Å²) >= 11 is 1.13. The summed E-state index contributed by atoms with van der Waals surface area (Å²) in [5, 5.41) is 1.85. The number of alkyl halides is 3. The number of rotatable bonds is 4. The van der Waals surface area contributed by atoms with E-state index in [9.17, 15) is 13.2 Å². The highest BCUT2D eigenvalue weighted by Gasteiger charge is 2.51. The van der Waals surface area contributed by atoms with E-state index in [0.717, 1.165) is 18.3 Å². The third-order valence-electron chi connectivity index (χ3n) is 3.20. The lowest BCUT2D eigenvalue weighted by Crippen LogP contribution is -2.48. The second-order valence-electron chi connectivity index (χ2n) is 4.53. The minimum absolute atomic E-state index is 0.174. The molecular weight excluding hydrogens is 265 g/mol. The third kappa shape index (κ3) is 2.53. The van der Waals surface area contributed by atoms with Gasteiger partial charge in [0.05, 0.1) is 5.69 Å². The van der Waals surface area contributed by atoms with E-state index >= 15 is 0 Å². The van der Waals surface area contributed by atoms with Crippen molar-refractivity contribution >= 4 is 11.3 Å². The van der Waals surface area contributed by atoms with Crippen LogP contribution in [-0.4, -0.2) is 18.3 Å². The van der Waals surface area contributed by atoms with Crippen LogP contribution in [0, 0.1) is 0 Å². The van der Waals surface area contributed by atoms with Gasteiger partial charge in [-0.05, 0) is 20.3 Å². The molecule has 2 atom stereocenters. The summed E-state index contributed by atoms with van der Waals surface area (Å²) in [7, 11) is 1.51. The Labute approximate surface area is 108 Å². The maximum Gasteiger partial charge on any atom is 0.411 e. The maximum absolute atomic E-state index is 12.8. The van der Waals surface area contributed by atoms with Gasteiger partial charge in [0, 0.05) is 12.5 Å². The average molecular weight is 282 g/mol. The van der Waals surface area contributed by atoms with Crippen LogP contribution >= 0.6 is 11.3 Å². The van der Waals surface area contributed by atoms with Gasteiger partial charge in [-0.25, -0.2) is 4.98 Å². The van der Waals surface area contributed by atoms with Crippen molar-refractivity contribution in [2.75, 3.05) is 7.11 Å². The Bertz CT molecular complexity index is 411. The average Bonchev–Trinajstić information content (AvgIpc) is 2.76. The first-order chi connectivity index (χ1) is 8.08. The van der Waals surface area contributed by atoms with Crippen LogP contribution in [0.1, 0.15) is 37.9 Å². The first-order valence-electron chi connectivity index (χ1n) is 5.45. The Morgan fingerprint density at radius 3 is 2.33 bits per heavy atom. The van der Waals surface area contributed by atoms with Crippen molar-refractivity contribution in [3.8, 4) is 0 Å². The smallest absolute Gasteiger partial charge is 0.371 e. The molecular formula is C11H17F3N2OS. The number of thiazole rings is 1. The van der Waals surface area contributed by atoms with Gasteiger partial charge in [-0.1, -0.05) is 6.92 Å². The zero-order valence-electron chi connectivity index (χ0n) is 10.8. The zero-order valence-corrected chi connectivity index (χ0v) is 11.6. The third-order valence-corrected chi connectivity index (χ3v) is 4.29. The lowest BCUT2D eigenvalue weighted by Gasteiger charge is -2.26. The molecule has 0 fully saturated rings. The largest absolute Gasteiger partial charge is 0.411 e. The van der Waals surface area contributed by atoms with Crippen molar-refractivity contribution in [1.29, 1.82) is 0 Å². The summed E-state index contributed by atoms with van der Waals surface area (Å²) in [6, 6.07) is 0. The Hall–Kier alpha value is -0.660. The first-order valence-corrected chi connectivity index (χ1v) is 6.33. The fourth-order valence-corrected chi connectivity index (χ4v) is 2.43. The van der Waals surface area contributed by atoms with E-state index in [2.05, 4.69) is 4.98 Å². The van der Waals surface area contributed by atoms with Gasteiger partial charge in [-0.3, -0.25) is 0 Å². The molecule has 0 bridgehead atoms. The van der Waals surface area contributed by atoms with Crippen LogP contribution < -0.4 is 5.73 Å². The number of halogens is 3. The highest BCUT2D eigenvalue weighted by molar-refractivity contribution is 7.09. The number of methoxy groups -OCH3 is 1. The second-order valence-corrected chi connectivity index (χ2v) is 5.38. The second kappa shape index (κ2) is 4.79. The van der Waals surface area contributed by atoms with E-state index in [4.69, 9.17) is 10.5 Å². The fraction of sp³-hybridized carbons (Fsp3) is 0.727. The highest BCUT2D eigenvalue weighted by Crippen LogP contribution is 2.39. The monoisotopic (exact) mass is 282 g/mol. The molecule has 0 aliphatic carbocycles. The van der Waals surface area contributed by atoms with Crippen molar-refractivity contribution in [3.05, 3.63) is 16.1 Å². The van der Waals surface area contributed by atoms with Crippen molar-refractivity contribution < 1.29 is 17.9 Å². The van der Waals surface area contributed by atoms with Crippen molar-refractivity contribution in [3.63, 3.8) is 0 Å². The molecule has 0 spiro atoms. The van der Waals surface area contributed by atoms with Gasteiger partial charge in [0.2, 0.25) is 0 Å². The SMILES string of the molecule is CCC(C)(OC)c1nc(C(C)(N)C(F)(F)F)cs1. The predicted octanol–water partition coefficient (Wildman–Crippen LogP) is 3.15. The van der Waals surface area contributed by atoms with Gasteiger partial charge in [0.1, 0.15) is 10.6 Å². The van der Waals surface area contributed by atoms with Gasteiger partial charge < -0.3 is 10.5 Å². The number of nitrogens with two attached hydrogens (primary N) is 1. The van der Waals surface area contributed by atoms with E-state index in [1.54, 1.807) is 6.92 Å². The predicted molar refractivity (Wildman–Crippen MR) is 64.4 cm³/mol. The van der Waals surface area contributed by atoms with Crippen LogP contribution in [0.4, 0.5) is 13.2 Å². The van der Waals surface area contributed by atoms with E-state index in [1.807, 2.05) is 6.92 Å². The molecule has 1 aromatic heterocycles. The number of nitrogens with zero attached hydrogens (tertiary/aromatic N) is 1. The molecule has 0 aliphatic rings. The number of aromatic nitrogens is 1. The van der Waals surface area contributed by atoms with Gasteiger partial charge in [-0.2, -0.15) is 13.2 Å². The van der Waals surface area contributed by atoms with Crippen LogP contribution in [0.2, 0.25) is 0 Å². The molecule has 0 amide bonds. The lowest BCUT2D eigenvalue weighted by molar-refractivity contribution is -0.185. The van der Waals surface area contributed by atoms with Crippen molar-refractivity contribution in [2.45, 2.75) is 44.5 Å². The van der Waals surface area contributed by atoms with Crippen LogP contribution in [0.25, 0.3) is 0 Å². The fourth-order valence-electron chi connectivity index (χ4n) is 1.28. The van der Waals surface area contributed by atoms with E-state index in [-0.39, 0.29) is 5.69 Å². The summed E-state index contributed by atoms with van der Waals surface area (Å²) < 4.78 is 43.7. The zero-order chi connectivity index (χ0) is 14.2. The highest BCUT2D eigenvalue weighted by atomic mass is 32.1. The van der Waals surface area contributed by atoms with Crippen LogP contribution in [0.15, 0.2) is 5.38 Å². The molecule has 104 valence electrons. The molecule has 0 aliphatic heterocycles. The lowest BCUT2D eigenvalue weighted by atomic mass is 9.99. The molecule has 2 N–H and O–H groups in total. The Morgan fingerprint density at radius 1 is 1.39 bits per heavy atom. The Morgan fingerprint density at radius 2 is 1.94 bits per heavy atom. The van der Waals surface area contributed by atoms with Gasteiger partial charge in [0.15, 0.2) is 5.54 Å². The van der Waals surface area contributed by atoms with Crippen LogP contribution in [0.3, 0.4) is 0 Å². The number of ether oxygens (including phenoxy) is 1. The van der Waals surface area contributed by atoms with Crippen molar-refractivity contribution in [2.24, 2.45) is 5.73 Å². The normalized spacial score (nSPS) is 19.3. The summed E-state index contributed by atoms with van der Waals surface area (Å²) in [5.74, 6) is 0. The standard InChI is InChI=1S/C11H17F3N2OS/c1-5-9(2,17-4)8-16-7(6-18-8)10(3,15)11(12,13)14/h6H,5,15H2,1-4H3. The van der Waals surface area contributed by atoms with Gasteiger partial charge in [-0.15, -0.1) is 11.3 Å². The summed E-state index contributed by atoms with van der Waals surface area (Å²) in [6.07, 6.45) is -3.92. The van der Waals surface area contributed by atoms with Gasteiger partial charge in [0.25, 0.3) is 0 Å². The topological polar surface area (TPSA) is 48.1 Å². The van der Waals surface area contributed by atoms with Crippen LogP contribution in [-0.2, 0) is 15.9 Å². The van der Waals surface area contributed by atoms with E-state index in [1.165, 1.54) is 12.5 Å². The van der Waals surface area contributed by atoms with Gasteiger partial charge >= 0.3 is 6.18 Å². The maximum atomic E-state index is 12.8. The van der Waals surface area contributed by atoms with E-state index < -0.39 is 17.3 Å². The molecule has 0 radical (unpaired) electrons. The molecule has 7 heteroatoms. The molecule has 1 aromatic rings. The summed E-state index contributed by atoms with van der Waals surface area (Å²) in [6.45, 7) is 4.59. The Balaban J connectivity index is 3.15. The molecule has 0 aromatic carbocycles. The van der Waals surface area contributed by atoms with Crippen molar-refractivity contribution in [1.82, 2.24) is 4.98 Å². The molecule has 1 rings (SSSR count). The minimum atomic E-state index is -4.53. The number of hydrogen-bond acceptors (Lipinski definition) is 4. The Kier molecular flexibility index (Phi) is 4.10.